The van der Waals surface area contributed by atoms with Gasteiger partial charge < -0.3 is 0 Å². The lowest BCUT2D eigenvalue weighted by Gasteiger charge is -2.11. The van der Waals surface area contributed by atoms with E-state index in [1.807, 2.05) is 23.6 Å². The molecule has 0 saturated heterocycles. The van der Waals surface area contributed by atoms with E-state index in [4.69, 9.17) is 0 Å². The molecule has 0 aromatic carbocycles. The average Bonchev–Trinajstić information content (AvgIpc) is 3.15. The highest BCUT2D eigenvalue weighted by Gasteiger charge is 2.13. The molecule has 0 unspecified atom stereocenters. The fourth-order valence-corrected chi connectivity index (χ4v) is 4.56. The van der Waals surface area contributed by atoms with Crippen LogP contribution in [0.25, 0.3) is 15.9 Å². The zero-order valence-corrected chi connectivity index (χ0v) is 16.4. The van der Waals surface area contributed by atoms with Gasteiger partial charge in [-0.15, -0.1) is 11.3 Å². The van der Waals surface area contributed by atoms with E-state index in [9.17, 15) is 9.59 Å². The van der Waals surface area contributed by atoms with Gasteiger partial charge in [-0.05, 0) is 30.0 Å². The van der Waals surface area contributed by atoms with Crippen LogP contribution in [0.4, 0.5) is 0 Å². The second-order valence-electron chi connectivity index (χ2n) is 6.14. The molecule has 0 N–H and O–H groups in total. The lowest BCUT2D eigenvalue weighted by molar-refractivity contribution is 0.558. The number of hydrogen-bond acceptors (Lipinski definition) is 6. The van der Waals surface area contributed by atoms with Crippen LogP contribution in [0.5, 0.6) is 0 Å². The first-order valence-electron chi connectivity index (χ1n) is 8.75. The van der Waals surface area contributed by atoms with Crippen molar-refractivity contribution in [2.75, 3.05) is 0 Å². The highest BCUT2D eigenvalue weighted by Crippen LogP contribution is 2.23. The second kappa shape index (κ2) is 7.66. The topological polar surface area (TPSA) is 69.3 Å². The minimum Gasteiger partial charge on any atom is -0.286 e. The third-order valence-corrected chi connectivity index (χ3v) is 6.14. The Balaban J connectivity index is 1.69. The molecule has 0 radical (unpaired) electrons. The van der Waals surface area contributed by atoms with Crippen LogP contribution in [0.15, 0.2) is 56.7 Å². The normalized spacial score (nSPS) is 11.4. The van der Waals surface area contributed by atoms with Crippen molar-refractivity contribution in [1.29, 1.82) is 0 Å². The summed E-state index contributed by atoms with van der Waals surface area (Å²) in [4.78, 5) is 34.3. The van der Waals surface area contributed by atoms with E-state index >= 15 is 0 Å². The van der Waals surface area contributed by atoms with Gasteiger partial charge in [-0.25, -0.2) is 9.97 Å². The standard InChI is InChI=1S/C19H18N4O2S2/c1-2-3-8-23-18(25)17-14(7-10-26-17)21-19(23)27-12-13-11-16(24)22-9-5-4-6-15(22)20-13/h4-7,9-11H,2-3,8,12H2,1H3. The van der Waals surface area contributed by atoms with Gasteiger partial charge in [0.05, 0.1) is 11.2 Å². The lowest BCUT2D eigenvalue weighted by Crippen LogP contribution is -2.22. The molecule has 0 bridgehead atoms. The molecule has 0 aliphatic heterocycles. The predicted molar refractivity (Wildman–Crippen MR) is 110 cm³/mol. The number of aromatic nitrogens is 4. The number of thiophene rings is 1. The van der Waals surface area contributed by atoms with Crippen LogP contribution in [-0.4, -0.2) is 18.9 Å². The van der Waals surface area contributed by atoms with Crippen LogP contribution in [0.3, 0.4) is 0 Å². The van der Waals surface area contributed by atoms with Gasteiger partial charge in [0, 0.05) is 24.6 Å². The molecule has 0 saturated carbocycles. The molecule has 0 fully saturated rings. The summed E-state index contributed by atoms with van der Waals surface area (Å²) in [5, 5.41) is 2.57. The number of thioether (sulfide) groups is 1. The Morgan fingerprint density at radius 2 is 2.07 bits per heavy atom. The maximum Gasteiger partial charge on any atom is 0.272 e. The van der Waals surface area contributed by atoms with E-state index in [-0.39, 0.29) is 11.1 Å². The Kier molecular flexibility index (Phi) is 5.09. The summed E-state index contributed by atoms with van der Waals surface area (Å²) in [6.45, 7) is 2.74. The molecule has 0 aliphatic rings. The van der Waals surface area contributed by atoms with E-state index in [0.717, 1.165) is 18.4 Å². The van der Waals surface area contributed by atoms with Gasteiger partial charge in [0.2, 0.25) is 0 Å². The van der Waals surface area contributed by atoms with Crippen molar-refractivity contribution in [2.45, 2.75) is 37.2 Å². The van der Waals surface area contributed by atoms with Gasteiger partial charge >= 0.3 is 0 Å². The van der Waals surface area contributed by atoms with Crippen molar-refractivity contribution in [3.63, 3.8) is 0 Å². The minimum atomic E-state index is -0.110. The Morgan fingerprint density at radius 1 is 1.19 bits per heavy atom. The lowest BCUT2D eigenvalue weighted by atomic mass is 10.3. The van der Waals surface area contributed by atoms with Crippen LogP contribution in [0, 0.1) is 0 Å². The average molecular weight is 399 g/mol. The number of pyridine rings is 1. The van der Waals surface area contributed by atoms with E-state index in [2.05, 4.69) is 16.9 Å². The van der Waals surface area contributed by atoms with Crippen LogP contribution in [-0.2, 0) is 12.3 Å². The largest absolute Gasteiger partial charge is 0.286 e. The monoisotopic (exact) mass is 398 g/mol. The van der Waals surface area contributed by atoms with Gasteiger partial charge in [-0.3, -0.25) is 18.6 Å². The van der Waals surface area contributed by atoms with Crippen LogP contribution in [0.1, 0.15) is 25.5 Å². The molecule has 4 rings (SSSR count). The smallest absolute Gasteiger partial charge is 0.272 e. The predicted octanol–water partition coefficient (Wildman–Crippen LogP) is 3.56. The first-order chi connectivity index (χ1) is 13.2. The molecule has 4 aromatic rings. The number of hydrogen-bond donors (Lipinski definition) is 0. The van der Waals surface area contributed by atoms with E-state index < -0.39 is 0 Å². The Hall–Kier alpha value is -2.45. The summed E-state index contributed by atoms with van der Waals surface area (Å²) >= 11 is 2.87. The molecule has 4 aromatic heterocycles. The fraction of sp³-hybridized carbons (Fsp3) is 0.263. The SMILES string of the molecule is CCCCn1c(SCc2cc(=O)n3ccccc3n2)nc2ccsc2c1=O. The minimum absolute atomic E-state index is 0.0116. The van der Waals surface area contributed by atoms with Crippen molar-refractivity contribution in [3.8, 4) is 0 Å². The molecule has 0 atom stereocenters. The number of nitrogens with zero attached hydrogens (tertiary/aromatic N) is 4. The van der Waals surface area contributed by atoms with Crippen LogP contribution < -0.4 is 11.1 Å². The summed E-state index contributed by atoms with van der Waals surface area (Å²) in [6.07, 6.45) is 3.62. The molecule has 138 valence electrons. The zero-order valence-electron chi connectivity index (χ0n) is 14.8. The number of unbranched alkanes of at least 4 members (excludes halogenated alkanes) is 1. The molecule has 0 aliphatic carbocycles. The Bertz CT molecular complexity index is 1230. The molecule has 6 nitrogen and oxygen atoms in total. The third-order valence-electron chi connectivity index (χ3n) is 4.24. The second-order valence-corrected chi connectivity index (χ2v) is 8.00. The first kappa shape index (κ1) is 17.9. The zero-order chi connectivity index (χ0) is 18.8. The summed E-state index contributed by atoms with van der Waals surface area (Å²) < 4.78 is 3.96. The fourth-order valence-electron chi connectivity index (χ4n) is 2.86. The quantitative estimate of drug-likeness (QED) is 0.367. The summed E-state index contributed by atoms with van der Waals surface area (Å²) in [7, 11) is 0. The molecule has 0 amide bonds. The van der Waals surface area contributed by atoms with Gasteiger partial charge in [-0.1, -0.05) is 31.2 Å². The van der Waals surface area contributed by atoms with Crippen LogP contribution in [0.2, 0.25) is 0 Å². The Labute approximate surface area is 163 Å². The molecule has 4 heterocycles. The van der Waals surface area contributed by atoms with Gasteiger partial charge in [0.1, 0.15) is 10.3 Å². The van der Waals surface area contributed by atoms with Crippen molar-refractivity contribution >= 4 is 39.0 Å². The van der Waals surface area contributed by atoms with Gasteiger partial charge in [0.15, 0.2) is 5.16 Å². The highest BCUT2D eigenvalue weighted by molar-refractivity contribution is 7.98. The molecule has 27 heavy (non-hydrogen) atoms. The first-order valence-corrected chi connectivity index (χ1v) is 10.6. The highest BCUT2D eigenvalue weighted by atomic mass is 32.2. The van der Waals surface area contributed by atoms with Crippen molar-refractivity contribution in [1.82, 2.24) is 18.9 Å². The van der Waals surface area contributed by atoms with Crippen LogP contribution >= 0.6 is 23.1 Å². The summed E-state index contributed by atoms with van der Waals surface area (Å²) in [5.41, 5.74) is 1.92. The number of rotatable bonds is 6. The van der Waals surface area contributed by atoms with E-state index in [1.54, 1.807) is 16.8 Å². The van der Waals surface area contributed by atoms with Crippen molar-refractivity contribution < 1.29 is 0 Å². The maximum absolute atomic E-state index is 12.8. The van der Waals surface area contributed by atoms with Gasteiger partial charge in [-0.2, -0.15) is 0 Å². The van der Waals surface area contributed by atoms with Crippen molar-refractivity contribution in [3.05, 3.63) is 68.3 Å². The molecule has 8 heteroatoms. The van der Waals surface area contributed by atoms with E-state index in [0.29, 0.717) is 33.5 Å². The summed E-state index contributed by atoms with van der Waals surface area (Å²) in [5.74, 6) is 0.481. The molecular formula is C19H18N4O2S2. The Morgan fingerprint density at radius 3 is 2.93 bits per heavy atom. The molecule has 0 spiro atoms. The van der Waals surface area contributed by atoms with Crippen molar-refractivity contribution in [2.24, 2.45) is 0 Å². The number of fused-ring (bicyclic) bond motifs is 2. The third kappa shape index (κ3) is 3.54. The van der Waals surface area contributed by atoms with Gasteiger partial charge in [0.25, 0.3) is 11.1 Å². The van der Waals surface area contributed by atoms with E-state index in [1.165, 1.54) is 33.6 Å². The summed E-state index contributed by atoms with van der Waals surface area (Å²) in [6, 6.07) is 8.88. The maximum atomic E-state index is 12.8. The molecular weight excluding hydrogens is 380 g/mol.